The summed E-state index contributed by atoms with van der Waals surface area (Å²) in [6, 6.07) is 8.80. The Bertz CT molecular complexity index is 1100. The van der Waals surface area contributed by atoms with E-state index in [9.17, 15) is 18.0 Å². The van der Waals surface area contributed by atoms with Gasteiger partial charge < -0.3 is 14.1 Å². The van der Waals surface area contributed by atoms with Crippen LogP contribution in [0.15, 0.2) is 45.8 Å². The van der Waals surface area contributed by atoms with Crippen LogP contribution in [0.5, 0.6) is 5.75 Å². The summed E-state index contributed by atoms with van der Waals surface area (Å²) in [5.74, 6) is 0.632. The minimum absolute atomic E-state index is 0.0750. The molecule has 0 spiro atoms. The van der Waals surface area contributed by atoms with E-state index < -0.39 is 10.0 Å². The first-order valence-electron chi connectivity index (χ1n) is 9.88. The predicted molar refractivity (Wildman–Crippen MR) is 110 cm³/mol. The van der Waals surface area contributed by atoms with Crippen LogP contribution in [0.1, 0.15) is 34.5 Å². The molecule has 9 heteroatoms. The first-order chi connectivity index (χ1) is 14.3. The summed E-state index contributed by atoms with van der Waals surface area (Å²) >= 11 is 0. The SMILES string of the molecule is CS(=O)(=O)N1CCC(COc2coc(CN3Cc4ccccc4C3=O)cc2=O)CC1. The van der Waals surface area contributed by atoms with Crippen molar-refractivity contribution in [2.24, 2.45) is 5.92 Å². The van der Waals surface area contributed by atoms with Gasteiger partial charge in [0.2, 0.25) is 21.2 Å². The molecule has 0 unspecified atom stereocenters. The van der Waals surface area contributed by atoms with Crippen molar-refractivity contribution in [2.75, 3.05) is 26.0 Å². The molecule has 4 rings (SSSR count). The number of hydrogen-bond donors (Lipinski definition) is 0. The fraction of sp³-hybridized carbons (Fsp3) is 0.429. The van der Waals surface area contributed by atoms with E-state index in [1.165, 1.54) is 22.9 Å². The third-order valence-corrected chi connectivity index (χ3v) is 6.92. The molecule has 1 fully saturated rings. The quantitative estimate of drug-likeness (QED) is 0.691. The molecule has 0 bridgehead atoms. The van der Waals surface area contributed by atoms with Gasteiger partial charge in [0.15, 0.2) is 0 Å². The Balaban J connectivity index is 1.32. The fourth-order valence-electron chi connectivity index (χ4n) is 3.87. The molecule has 8 nitrogen and oxygen atoms in total. The number of amides is 1. The lowest BCUT2D eigenvalue weighted by molar-refractivity contribution is 0.0754. The van der Waals surface area contributed by atoms with Crippen LogP contribution in [-0.2, 0) is 23.1 Å². The van der Waals surface area contributed by atoms with Crippen molar-refractivity contribution >= 4 is 15.9 Å². The number of hydrogen-bond acceptors (Lipinski definition) is 6. The van der Waals surface area contributed by atoms with Gasteiger partial charge in [-0.2, -0.15) is 0 Å². The Hall–Kier alpha value is -2.65. The van der Waals surface area contributed by atoms with Gasteiger partial charge in [-0.1, -0.05) is 18.2 Å². The van der Waals surface area contributed by atoms with Gasteiger partial charge in [0, 0.05) is 31.3 Å². The van der Waals surface area contributed by atoms with Crippen molar-refractivity contribution in [3.63, 3.8) is 0 Å². The maximum atomic E-state index is 12.5. The molecule has 0 N–H and O–H groups in total. The number of fused-ring (bicyclic) bond motifs is 1. The normalized spacial score (nSPS) is 17.9. The Kier molecular flexibility index (Phi) is 5.66. The second-order valence-electron chi connectivity index (χ2n) is 7.81. The third kappa shape index (κ3) is 4.41. The van der Waals surface area contributed by atoms with E-state index in [0.29, 0.717) is 50.4 Å². The highest BCUT2D eigenvalue weighted by Crippen LogP contribution is 2.24. The Labute approximate surface area is 175 Å². The first kappa shape index (κ1) is 20.6. The van der Waals surface area contributed by atoms with Crippen LogP contribution in [0.2, 0.25) is 0 Å². The Morgan fingerprint density at radius 2 is 1.90 bits per heavy atom. The van der Waals surface area contributed by atoms with Crippen molar-refractivity contribution in [3.8, 4) is 5.75 Å². The zero-order chi connectivity index (χ0) is 21.3. The zero-order valence-electron chi connectivity index (χ0n) is 16.7. The van der Waals surface area contributed by atoms with Gasteiger partial charge in [-0.25, -0.2) is 12.7 Å². The summed E-state index contributed by atoms with van der Waals surface area (Å²) in [6.45, 7) is 1.97. The topological polar surface area (TPSA) is 97.1 Å². The first-order valence-corrected chi connectivity index (χ1v) is 11.7. The molecule has 0 aliphatic carbocycles. The fourth-order valence-corrected chi connectivity index (χ4v) is 4.75. The molecule has 1 saturated heterocycles. The van der Waals surface area contributed by atoms with E-state index in [0.717, 1.165) is 5.56 Å². The van der Waals surface area contributed by atoms with Crippen LogP contribution >= 0.6 is 0 Å². The Morgan fingerprint density at radius 3 is 2.57 bits per heavy atom. The van der Waals surface area contributed by atoms with Gasteiger partial charge in [0.25, 0.3) is 5.91 Å². The molecule has 2 aliphatic heterocycles. The monoisotopic (exact) mass is 432 g/mol. The van der Waals surface area contributed by atoms with Crippen molar-refractivity contribution < 1.29 is 22.4 Å². The summed E-state index contributed by atoms with van der Waals surface area (Å²) < 4.78 is 35.8. The number of benzene rings is 1. The van der Waals surface area contributed by atoms with Crippen LogP contribution in [0.3, 0.4) is 0 Å². The molecule has 160 valence electrons. The van der Waals surface area contributed by atoms with E-state index in [4.69, 9.17) is 9.15 Å². The average molecular weight is 432 g/mol. The van der Waals surface area contributed by atoms with E-state index in [-0.39, 0.29) is 29.5 Å². The molecule has 0 saturated carbocycles. The van der Waals surface area contributed by atoms with E-state index in [1.54, 1.807) is 11.0 Å². The summed E-state index contributed by atoms with van der Waals surface area (Å²) in [5.41, 5.74) is 1.35. The number of carbonyl (C=O) groups excluding carboxylic acids is 1. The molecule has 2 aromatic rings. The van der Waals surface area contributed by atoms with Gasteiger partial charge in [-0.15, -0.1) is 0 Å². The van der Waals surface area contributed by atoms with Gasteiger partial charge in [-0.05, 0) is 30.4 Å². The number of carbonyl (C=O) groups is 1. The van der Waals surface area contributed by atoms with Crippen LogP contribution in [0.4, 0.5) is 0 Å². The third-order valence-electron chi connectivity index (χ3n) is 5.61. The lowest BCUT2D eigenvalue weighted by atomic mass is 9.99. The van der Waals surface area contributed by atoms with Crippen molar-refractivity contribution in [3.05, 3.63) is 63.7 Å². The van der Waals surface area contributed by atoms with Gasteiger partial charge in [0.1, 0.15) is 12.0 Å². The molecule has 2 aliphatic rings. The maximum Gasteiger partial charge on any atom is 0.254 e. The van der Waals surface area contributed by atoms with E-state index in [1.807, 2.05) is 18.2 Å². The highest BCUT2D eigenvalue weighted by Gasteiger charge is 2.28. The summed E-state index contributed by atoms with van der Waals surface area (Å²) in [6.07, 6.45) is 3.88. The molecule has 30 heavy (non-hydrogen) atoms. The second-order valence-corrected chi connectivity index (χ2v) is 9.79. The maximum absolute atomic E-state index is 12.5. The number of sulfonamides is 1. The molecular weight excluding hydrogens is 408 g/mol. The largest absolute Gasteiger partial charge is 0.486 e. The van der Waals surface area contributed by atoms with Crippen LogP contribution in [-0.4, -0.2) is 49.5 Å². The lowest BCUT2D eigenvalue weighted by Gasteiger charge is -2.29. The van der Waals surface area contributed by atoms with E-state index in [2.05, 4.69) is 0 Å². The highest BCUT2D eigenvalue weighted by molar-refractivity contribution is 7.88. The standard InChI is InChI=1S/C21H24N2O6S/c1-30(26,27)23-8-6-15(7-9-23)13-29-20-14-28-17(10-19(20)24)12-22-11-16-4-2-3-5-18(16)21(22)25/h2-5,10,14-15H,6-9,11-13H2,1H3. The van der Waals surface area contributed by atoms with Crippen LogP contribution < -0.4 is 10.2 Å². The molecule has 1 amide bonds. The number of nitrogens with zero attached hydrogens (tertiary/aromatic N) is 2. The average Bonchev–Trinajstić information content (AvgIpc) is 3.03. The lowest BCUT2D eigenvalue weighted by Crippen LogP contribution is -2.39. The number of ether oxygens (including phenoxy) is 1. The molecular formula is C21H24N2O6S. The predicted octanol–water partition coefficient (Wildman–Crippen LogP) is 1.85. The Morgan fingerprint density at radius 1 is 1.17 bits per heavy atom. The molecule has 1 aromatic heterocycles. The van der Waals surface area contributed by atoms with Gasteiger partial charge in [-0.3, -0.25) is 9.59 Å². The smallest absolute Gasteiger partial charge is 0.254 e. The zero-order valence-corrected chi connectivity index (χ0v) is 17.6. The highest BCUT2D eigenvalue weighted by atomic mass is 32.2. The number of piperidine rings is 1. The number of rotatable bonds is 6. The summed E-state index contributed by atoms with van der Waals surface area (Å²) in [5, 5.41) is 0. The van der Waals surface area contributed by atoms with Crippen LogP contribution in [0, 0.1) is 5.92 Å². The van der Waals surface area contributed by atoms with Gasteiger partial charge in [0.05, 0.1) is 19.4 Å². The van der Waals surface area contributed by atoms with Crippen molar-refractivity contribution in [2.45, 2.75) is 25.9 Å². The minimum atomic E-state index is -3.16. The molecule has 0 radical (unpaired) electrons. The van der Waals surface area contributed by atoms with Crippen LogP contribution in [0.25, 0.3) is 0 Å². The van der Waals surface area contributed by atoms with Gasteiger partial charge >= 0.3 is 0 Å². The minimum Gasteiger partial charge on any atom is -0.486 e. The molecule has 0 atom stereocenters. The van der Waals surface area contributed by atoms with Crippen molar-refractivity contribution in [1.29, 1.82) is 0 Å². The second kappa shape index (κ2) is 8.23. The summed E-state index contributed by atoms with van der Waals surface area (Å²) in [7, 11) is -3.16. The molecule has 1 aromatic carbocycles. The van der Waals surface area contributed by atoms with Crippen molar-refractivity contribution in [1.82, 2.24) is 9.21 Å². The molecule has 3 heterocycles. The van der Waals surface area contributed by atoms with E-state index >= 15 is 0 Å². The summed E-state index contributed by atoms with van der Waals surface area (Å²) in [4.78, 5) is 26.5.